The number of carbonyl (C=O) groups excluding carboxylic acids is 2. The lowest BCUT2D eigenvalue weighted by molar-refractivity contribution is 0.0786. The molecule has 1 aromatic heterocycles. The van der Waals surface area contributed by atoms with Crippen LogP contribution in [0.4, 0.5) is 10.5 Å². The number of piperidine rings is 1. The molecule has 7 heteroatoms. The molecule has 4 rings (SSSR count). The van der Waals surface area contributed by atoms with Crippen molar-refractivity contribution in [2.75, 3.05) is 31.5 Å². The quantitative estimate of drug-likeness (QED) is 0.820. The highest BCUT2D eigenvalue weighted by atomic mass is 16.4. The molecule has 160 valence electrons. The molecule has 2 saturated heterocycles. The highest BCUT2D eigenvalue weighted by molar-refractivity contribution is 5.93. The molecule has 2 fully saturated rings. The maximum Gasteiger partial charge on any atom is 0.321 e. The number of benzene rings is 1. The Labute approximate surface area is 177 Å². The molecule has 3 heterocycles. The molecular formula is C23H30N4O3. The normalized spacial score (nSPS) is 17.4. The highest BCUT2D eigenvalue weighted by Crippen LogP contribution is 2.30. The van der Waals surface area contributed by atoms with Gasteiger partial charge in [-0.15, -0.1) is 0 Å². The molecule has 0 aliphatic carbocycles. The van der Waals surface area contributed by atoms with Gasteiger partial charge >= 0.3 is 6.03 Å². The van der Waals surface area contributed by atoms with Crippen LogP contribution in [0.5, 0.6) is 0 Å². The van der Waals surface area contributed by atoms with Crippen molar-refractivity contribution in [3.05, 3.63) is 47.2 Å². The molecule has 1 N–H and O–H groups in total. The number of aryl methyl sites for hydroxylation is 2. The molecule has 30 heavy (non-hydrogen) atoms. The molecule has 7 nitrogen and oxygen atoms in total. The van der Waals surface area contributed by atoms with Crippen LogP contribution in [0.2, 0.25) is 0 Å². The van der Waals surface area contributed by atoms with Crippen molar-refractivity contribution in [2.24, 2.45) is 0 Å². The largest absolute Gasteiger partial charge is 0.445 e. The van der Waals surface area contributed by atoms with Crippen LogP contribution in [0.3, 0.4) is 0 Å². The smallest absolute Gasteiger partial charge is 0.321 e. The van der Waals surface area contributed by atoms with Crippen molar-refractivity contribution in [2.45, 2.75) is 51.9 Å². The molecule has 2 aliphatic rings. The number of urea groups is 1. The summed E-state index contributed by atoms with van der Waals surface area (Å²) in [5.41, 5.74) is 2.47. The Morgan fingerprint density at radius 1 is 1.13 bits per heavy atom. The van der Waals surface area contributed by atoms with E-state index in [1.165, 1.54) is 5.56 Å². The van der Waals surface area contributed by atoms with Crippen molar-refractivity contribution in [3.8, 4) is 0 Å². The van der Waals surface area contributed by atoms with Crippen molar-refractivity contribution in [1.82, 2.24) is 14.8 Å². The van der Waals surface area contributed by atoms with Crippen LogP contribution in [0.25, 0.3) is 0 Å². The van der Waals surface area contributed by atoms with E-state index in [0.29, 0.717) is 30.4 Å². The lowest BCUT2D eigenvalue weighted by atomic mass is 9.97. The van der Waals surface area contributed by atoms with E-state index in [-0.39, 0.29) is 17.9 Å². The second-order valence-electron chi connectivity index (χ2n) is 8.20. The van der Waals surface area contributed by atoms with Gasteiger partial charge in [0, 0.05) is 37.8 Å². The van der Waals surface area contributed by atoms with Crippen molar-refractivity contribution >= 4 is 17.6 Å². The Hall–Kier alpha value is -2.83. The first-order valence-electron chi connectivity index (χ1n) is 11.0. The molecule has 0 bridgehead atoms. The fraction of sp³-hybridized carbons (Fsp3) is 0.522. The van der Waals surface area contributed by atoms with Crippen LogP contribution in [0, 0.1) is 6.92 Å². The molecule has 0 radical (unpaired) electrons. The third kappa shape index (κ3) is 4.35. The predicted octanol–water partition coefficient (Wildman–Crippen LogP) is 4.19. The summed E-state index contributed by atoms with van der Waals surface area (Å²) >= 11 is 0. The number of hydrogen-bond acceptors (Lipinski definition) is 4. The molecule has 0 atom stereocenters. The number of amides is 3. The minimum atomic E-state index is -0.0739. The molecular weight excluding hydrogens is 380 g/mol. The van der Waals surface area contributed by atoms with Gasteiger partial charge in [-0.25, -0.2) is 9.78 Å². The monoisotopic (exact) mass is 410 g/mol. The highest BCUT2D eigenvalue weighted by Gasteiger charge is 2.30. The number of rotatable bonds is 4. The maximum atomic E-state index is 12.7. The second kappa shape index (κ2) is 8.90. The molecule has 2 aromatic rings. The summed E-state index contributed by atoms with van der Waals surface area (Å²) in [6.45, 7) is 6.79. The Bertz CT molecular complexity index is 909. The van der Waals surface area contributed by atoms with Gasteiger partial charge in [0.1, 0.15) is 5.76 Å². The Balaban J connectivity index is 1.34. The van der Waals surface area contributed by atoms with E-state index in [9.17, 15) is 9.59 Å². The van der Waals surface area contributed by atoms with Crippen molar-refractivity contribution < 1.29 is 14.0 Å². The summed E-state index contributed by atoms with van der Waals surface area (Å²) in [7, 11) is 0. The van der Waals surface area contributed by atoms with Crippen LogP contribution in [-0.4, -0.2) is 52.9 Å². The lowest BCUT2D eigenvalue weighted by Crippen LogP contribution is -2.40. The number of carbonyl (C=O) groups is 2. The first-order valence-corrected chi connectivity index (χ1v) is 11.0. The van der Waals surface area contributed by atoms with E-state index >= 15 is 0 Å². The first-order chi connectivity index (χ1) is 14.5. The number of nitrogens with one attached hydrogen (secondary N) is 1. The Morgan fingerprint density at radius 3 is 2.57 bits per heavy atom. The molecule has 0 spiro atoms. The van der Waals surface area contributed by atoms with E-state index in [1.54, 1.807) is 0 Å². The summed E-state index contributed by atoms with van der Waals surface area (Å²) in [4.78, 5) is 33.5. The van der Waals surface area contributed by atoms with Gasteiger partial charge in [-0.3, -0.25) is 4.79 Å². The van der Waals surface area contributed by atoms with Gasteiger partial charge in [0.2, 0.25) is 0 Å². The number of aromatic nitrogens is 1. The summed E-state index contributed by atoms with van der Waals surface area (Å²) in [6, 6.07) is 7.88. The number of oxazole rings is 1. The SMILES string of the molecule is CCc1cccc(NC(=O)N2CCC(c3nc(C(=O)N4CCCC4)c(C)o3)CC2)c1. The first kappa shape index (κ1) is 20.4. The molecule has 0 saturated carbocycles. The molecule has 3 amide bonds. The standard InChI is InChI=1S/C23H30N4O3/c1-3-17-7-6-8-19(15-17)24-23(29)27-13-9-18(10-14-27)21-25-20(16(2)30-21)22(28)26-11-4-5-12-26/h6-8,15,18H,3-5,9-14H2,1-2H3,(H,24,29). The fourth-order valence-electron chi connectivity index (χ4n) is 4.26. The predicted molar refractivity (Wildman–Crippen MR) is 115 cm³/mol. The number of hydrogen-bond donors (Lipinski definition) is 1. The topological polar surface area (TPSA) is 78.7 Å². The summed E-state index contributed by atoms with van der Waals surface area (Å²) in [6.07, 6.45) is 4.60. The van der Waals surface area contributed by atoms with E-state index < -0.39 is 0 Å². The number of nitrogens with zero attached hydrogens (tertiary/aromatic N) is 3. The zero-order valence-electron chi connectivity index (χ0n) is 17.8. The second-order valence-corrected chi connectivity index (χ2v) is 8.20. The van der Waals surface area contributed by atoms with Gasteiger partial charge in [-0.2, -0.15) is 0 Å². The summed E-state index contributed by atoms with van der Waals surface area (Å²) in [5, 5.41) is 3.00. The van der Waals surface area contributed by atoms with Gasteiger partial charge in [0.25, 0.3) is 5.91 Å². The van der Waals surface area contributed by atoms with Crippen LogP contribution in [0.15, 0.2) is 28.7 Å². The number of anilines is 1. The summed E-state index contributed by atoms with van der Waals surface area (Å²) < 4.78 is 5.87. The van der Waals surface area contributed by atoms with Gasteiger partial charge in [0.15, 0.2) is 11.6 Å². The van der Waals surface area contributed by atoms with E-state index in [0.717, 1.165) is 50.9 Å². The number of likely N-dealkylation sites (tertiary alicyclic amines) is 2. The Morgan fingerprint density at radius 2 is 1.87 bits per heavy atom. The molecule has 0 unspecified atom stereocenters. The molecule has 1 aromatic carbocycles. The minimum Gasteiger partial charge on any atom is -0.445 e. The van der Waals surface area contributed by atoms with Crippen LogP contribution in [0.1, 0.15) is 66.2 Å². The van der Waals surface area contributed by atoms with Crippen LogP contribution >= 0.6 is 0 Å². The van der Waals surface area contributed by atoms with E-state index in [4.69, 9.17) is 4.42 Å². The van der Waals surface area contributed by atoms with E-state index in [1.807, 2.05) is 34.9 Å². The average Bonchev–Trinajstić information content (AvgIpc) is 3.44. The summed E-state index contributed by atoms with van der Waals surface area (Å²) in [5.74, 6) is 1.34. The van der Waals surface area contributed by atoms with Crippen molar-refractivity contribution in [1.29, 1.82) is 0 Å². The van der Waals surface area contributed by atoms with Gasteiger partial charge in [-0.1, -0.05) is 19.1 Å². The van der Waals surface area contributed by atoms with Gasteiger partial charge in [0.05, 0.1) is 0 Å². The fourth-order valence-corrected chi connectivity index (χ4v) is 4.26. The third-order valence-electron chi connectivity index (χ3n) is 6.13. The average molecular weight is 411 g/mol. The van der Waals surface area contributed by atoms with Crippen molar-refractivity contribution in [3.63, 3.8) is 0 Å². The van der Waals surface area contributed by atoms with Crippen LogP contribution < -0.4 is 5.32 Å². The zero-order valence-corrected chi connectivity index (χ0v) is 17.8. The Kier molecular flexibility index (Phi) is 6.06. The van der Waals surface area contributed by atoms with Gasteiger partial charge < -0.3 is 19.5 Å². The van der Waals surface area contributed by atoms with E-state index in [2.05, 4.69) is 23.3 Å². The minimum absolute atomic E-state index is 0.0221. The maximum absolute atomic E-state index is 12.7. The zero-order chi connectivity index (χ0) is 21.1. The molecule has 2 aliphatic heterocycles. The van der Waals surface area contributed by atoms with Gasteiger partial charge in [-0.05, 0) is 56.7 Å². The van der Waals surface area contributed by atoms with Crippen LogP contribution in [-0.2, 0) is 6.42 Å². The third-order valence-corrected chi connectivity index (χ3v) is 6.13. The lowest BCUT2D eigenvalue weighted by Gasteiger charge is -2.30.